The zero-order valence-corrected chi connectivity index (χ0v) is 9.39. The molecule has 7 nitrogen and oxygen atoms in total. The van der Waals surface area contributed by atoms with Crippen LogP contribution in [0.3, 0.4) is 0 Å². The number of halogens is 2. The summed E-state index contributed by atoms with van der Waals surface area (Å²) in [6, 6.07) is 0. The van der Waals surface area contributed by atoms with Crippen molar-refractivity contribution in [3.63, 3.8) is 0 Å². The Bertz CT molecular complexity index is 137. The molecule has 0 saturated carbocycles. The van der Waals surface area contributed by atoms with Gasteiger partial charge in [-0.3, -0.25) is 7.32 Å². The SMILES string of the molecule is O=C(OF)C(=O)OF.[La+3].[O-]B([O-])[O-]. The van der Waals surface area contributed by atoms with E-state index in [1.54, 1.807) is 0 Å². The Hall–Kier alpha value is -0.0603. The van der Waals surface area contributed by atoms with E-state index in [4.69, 9.17) is 15.1 Å². The van der Waals surface area contributed by atoms with Gasteiger partial charge in [-0.1, -0.05) is 0 Å². The van der Waals surface area contributed by atoms with Gasteiger partial charge in [0.25, 0.3) is 0 Å². The van der Waals surface area contributed by atoms with Gasteiger partial charge in [0.2, 0.25) is 0 Å². The van der Waals surface area contributed by atoms with Crippen LogP contribution in [0.2, 0.25) is 0 Å². The molecule has 0 atom stereocenters. The molecule has 0 radical (unpaired) electrons. The number of carbonyl (C=O) groups excluding carboxylic acids is 2. The number of hydrogen-bond acceptors (Lipinski definition) is 7. The fraction of sp³-hybridized carbons (Fsp3) is 0. The first-order valence-corrected chi connectivity index (χ1v) is 2.08. The molecule has 0 aliphatic carbocycles. The van der Waals surface area contributed by atoms with Gasteiger partial charge in [0.1, 0.15) is 0 Å². The van der Waals surface area contributed by atoms with E-state index in [0.717, 1.165) is 0 Å². The smallest absolute Gasteiger partial charge is 0.907 e. The predicted molar refractivity (Wildman–Crippen MR) is 20.2 cm³/mol. The third-order valence-corrected chi connectivity index (χ3v) is 0.307. The molecule has 0 aromatic heterocycles. The Kier molecular flexibility index (Phi) is 17.1. The largest absolute Gasteiger partial charge is 3.00 e. The maximum atomic E-state index is 10.5. The van der Waals surface area contributed by atoms with Crippen LogP contribution in [0, 0.1) is 35.6 Å². The van der Waals surface area contributed by atoms with Gasteiger partial charge >= 0.3 is 47.5 Å². The summed E-state index contributed by atoms with van der Waals surface area (Å²) in [6.07, 6.45) is 0. The van der Waals surface area contributed by atoms with Crippen molar-refractivity contribution in [2.45, 2.75) is 0 Å². The molecular formula is C2BF2LaO7. The number of carbonyl (C=O) groups is 2. The Labute approximate surface area is 98.2 Å². The summed E-state index contributed by atoms with van der Waals surface area (Å²) < 4.78 is 21.0. The van der Waals surface area contributed by atoms with Crippen LogP contribution < -0.4 is 15.1 Å². The van der Waals surface area contributed by atoms with Crippen molar-refractivity contribution in [1.82, 2.24) is 0 Å². The van der Waals surface area contributed by atoms with Crippen molar-refractivity contribution >= 4 is 19.3 Å². The molecule has 11 heteroatoms. The van der Waals surface area contributed by atoms with Gasteiger partial charge in [0.05, 0.1) is 0 Å². The van der Waals surface area contributed by atoms with Crippen molar-refractivity contribution in [3.05, 3.63) is 0 Å². The van der Waals surface area contributed by atoms with E-state index in [-0.39, 0.29) is 35.6 Å². The summed E-state index contributed by atoms with van der Waals surface area (Å²) in [7, 11) is -2.92. The van der Waals surface area contributed by atoms with E-state index in [2.05, 4.69) is 9.88 Å². The Morgan fingerprint density at radius 1 is 1.00 bits per heavy atom. The predicted octanol–water partition coefficient (Wildman–Crippen LogP) is -4.11. The van der Waals surface area contributed by atoms with Crippen molar-refractivity contribution < 1.29 is 79.2 Å². The second-order valence-corrected chi connectivity index (χ2v) is 1.02. The standard InChI is InChI=1S/C2F2O4.BO3.La/c3-7-1(5)2(6)8-4;2-1(3)4;/q;-3;+3. The first-order valence-electron chi connectivity index (χ1n) is 2.08. The summed E-state index contributed by atoms with van der Waals surface area (Å²) in [4.78, 5) is 23.4. The zero-order chi connectivity index (χ0) is 10.1. The Morgan fingerprint density at radius 3 is 1.23 bits per heavy atom. The average Bonchev–Trinajstić information content (AvgIpc) is 2.00. The fourth-order valence-corrected chi connectivity index (χ4v) is 0.0630. The van der Waals surface area contributed by atoms with Gasteiger partial charge in [-0.15, -0.1) is 0 Å². The normalized spacial score (nSPS) is 6.85. The van der Waals surface area contributed by atoms with Gasteiger partial charge in [-0.05, 0) is 0 Å². The monoisotopic (exact) mass is 324 g/mol. The van der Waals surface area contributed by atoms with Crippen LogP contribution in [-0.4, -0.2) is 19.3 Å². The molecule has 0 spiro atoms. The van der Waals surface area contributed by atoms with Crippen LogP contribution in [0.4, 0.5) is 9.05 Å². The molecule has 0 aromatic rings. The Morgan fingerprint density at radius 2 is 1.15 bits per heavy atom. The number of hydrogen-bond donors (Lipinski definition) is 0. The second kappa shape index (κ2) is 11.9. The molecule has 0 aliphatic rings. The van der Waals surface area contributed by atoms with Crippen molar-refractivity contribution in [3.8, 4) is 0 Å². The van der Waals surface area contributed by atoms with Crippen molar-refractivity contribution in [2.75, 3.05) is 0 Å². The number of rotatable bonds is 0. The first kappa shape index (κ1) is 18.7. The molecule has 0 heterocycles. The van der Waals surface area contributed by atoms with Gasteiger partial charge in [0, 0.05) is 9.05 Å². The van der Waals surface area contributed by atoms with E-state index < -0.39 is 19.3 Å². The van der Waals surface area contributed by atoms with Crippen molar-refractivity contribution in [2.24, 2.45) is 0 Å². The molecule has 0 saturated heterocycles. The topological polar surface area (TPSA) is 122 Å². The summed E-state index contributed by atoms with van der Waals surface area (Å²) in [6.45, 7) is 0. The molecular weight excluding hydrogens is 324 g/mol. The van der Waals surface area contributed by atoms with Gasteiger partial charge in [-0.25, -0.2) is 19.5 Å². The van der Waals surface area contributed by atoms with E-state index in [1.807, 2.05) is 0 Å². The van der Waals surface area contributed by atoms with Crippen LogP contribution in [0.1, 0.15) is 0 Å². The average molecular weight is 324 g/mol. The molecule has 13 heavy (non-hydrogen) atoms. The molecule has 0 unspecified atom stereocenters. The second-order valence-electron chi connectivity index (χ2n) is 1.02. The zero-order valence-electron chi connectivity index (χ0n) is 5.77. The minimum atomic E-state index is -2.92. The molecule has 0 aliphatic heterocycles. The molecule has 70 valence electrons. The van der Waals surface area contributed by atoms with E-state index in [9.17, 15) is 18.6 Å². The molecule has 0 aromatic carbocycles. The first-order chi connectivity index (χ1) is 5.45. The summed E-state index contributed by atoms with van der Waals surface area (Å²) in [5.74, 6) is -4.04. The van der Waals surface area contributed by atoms with Gasteiger partial charge in [-0.2, -0.15) is 0 Å². The summed E-state index contributed by atoms with van der Waals surface area (Å²) in [5, 5.41) is 25.2. The third-order valence-electron chi connectivity index (χ3n) is 0.307. The maximum absolute atomic E-state index is 10.5. The molecule has 0 amide bonds. The molecule has 0 N–H and O–H groups in total. The van der Waals surface area contributed by atoms with Crippen LogP contribution >= 0.6 is 0 Å². The fourth-order valence-electron chi connectivity index (χ4n) is 0.0630. The summed E-state index contributed by atoms with van der Waals surface area (Å²) in [5.41, 5.74) is 0. The van der Waals surface area contributed by atoms with Crippen molar-refractivity contribution in [1.29, 1.82) is 0 Å². The Balaban J connectivity index is -0.000000173. The molecule has 0 fully saturated rings. The van der Waals surface area contributed by atoms with Gasteiger partial charge < -0.3 is 15.1 Å². The minimum absolute atomic E-state index is 0. The third kappa shape index (κ3) is 18.7. The maximum Gasteiger partial charge on any atom is 3.00 e. The van der Waals surface area contributed by atoms with E-state index in [1.165, 1.54) is 0 Å². The van der Waals surface area contributed by atoms with Gasteiger partial charge in [0.15, 0.2) is 0 Å². The van der Waals surface area contributed by atoms with Crippen LogP contribution in [0.25, 0.3) is 0 Å². The summed E-state index contributed by atoms with van der Waals surface area (Å²) >= 11 is 0. The quantitative estimate of drug-likeness (QED) is 0.328. The van der Waals surface area contributed by atoms with Crippen LogP contribution in [0.5, 0.6) is 0 Å². The van der Waals surface area contributed by atoms with E-state index in [0.29, 0.717) is 0 Å². The molecule has 0 rings (SSSR count). The van der Waals surface area contributed by atoms with Crippen LogP contribution in [0.15, 0.2) is 0 Å². The molecule has 0 bridgehead atoms. The minimum Gasteiger partial charge on any atom is -0.907 e. The van der Waals surface area contributed by atoms with Crippen LogP contribution in [-0.2, 0) is 19.5 Å². The van der Waals surface area contributed by atoms with E-state index >= 15 is 0 Å².